The lowest BCUT2D eigenvalue weighted by Crippen LogP contribution is -2.35. The zero-order chi connectivity index (χ0) is 12.8. The number of methoxy groups -OCH3 is 1. The molecule has 0 bridgehead atoms. The van der Waals surface area contributed by atoms with Crippen LogP contribution >= 0.6 is 11.3 Å². The lowest BCUT2D eigenvalue weighted by atomic mass is 10.3. The van der Waals surface area contributed by atoms with Crippen LogP contribution < -0.4 is 0 Å². The number of amides is 1. The van der Waals surface area contributed by atoms with Crippen LogP contribution in [0.25, 0.3) is 0 Å². The molecule has 1 amide bonds. The molecule has 0 N–H and O–H groups in total. The molecular formula is C9H9NO5S2. The summed E-state index contributed by atoms with van der Waals surface area (Å²) in [6.45, 7) is 1.13. The number of hydrogen-bond acceptors (Lipinski definition) is 6. The van der Waals surface area contributed by atoms with E-state index in [4.69, 9.17) is 0 Å². The molecule has 1 aliphatic rings. The van der Waals surface area contributed by atoms with Gasteiger partial charge in [0.25, 0.3) is 15.9 Å². The Kier molecular flexibility index (Phi) is 2.70. The first-order valence-electron chi connectivity index (χ1n) is 4.62. The average molecular weight is 275 g/mol. The van der Waals surface area contributed by atoms with Gasteiger partial charge in [-0.15, -0.1) is 11.3 Å². The number of sulfonamides is 1. The molecule has 0 saturated carbocycles. The first-order valence-corrected chi connectivity index (χ1v) is 6.88. The minimum Gasteiger partial charge on any atom is -0.468 e. The van der Waals surface area contributed by atoms with Crippen LogP contribution in [0, 0.1) is 6.92 Å². The number of thiophene rings is 1. The molecular weight excluding hydrogens is 266 g/mol. The second-order valence-electron chi connectivity index (χ2n) is 3.45. The van der Waals surface area contributed by atoms with E-state index in [1.807, 2.05) is 0 Å². The number of hydrogen-bond donors (Lipinski definition) is 0. The summed E-state index contributed by atoms with van der Waals surface area (Å²) in [5, 5.41) is 0. The normalized spacial score (nSPS) is 17.1. The molecule has 92 valence electrons. The second kappa shape index (κ2) is 3.81. The van der Waals surface area contributed by atoms with Gasteiger partial charge in [0.05, 0.1) is 12.7 Å². The second-order valence-corrected chi connectivity index (χ2v) is 6.77. The van der Waals surface area contributed by atoms with Crippen LogP contribution in [0.4, 0.5) is 0 Å². The fourth-order valence-electron chi connectivity index (χ4n) is 1.52. The molecule has 0 aromatic carbocycles. The molecule has 0 radical (unpaired) electrons. The van der Waals surface area contributed by atoms with Crippen LogP contribution in [0.2, 0.25) is 0 Å². The summed E-state index contributed by atoms with van der Waals surface area (Å²) in [4.78, 5) is 23.6. The molecule has 1 aliphatic heterocycles. The minimum absolute atomic E-state index is 0.00361. The Hall–Kier alpha value is -1.41. The smallest absolute Gasteiger partial charge is 0.326 e. The first kappa shape index (κ1) is 12.1. The van der Waals surface area contributed by atoms with E-state index < -0.39 is 28.4 Å². The van der Waals surface area contributed by atoms with E-state index in [1.54, 1.807) is 6.92 Å². The SMILES string of the molecule is COC(=O)CN1C(=O)c2cc(C)sc2S1(=O)=O. The van der Waals surface area contributed by atoms with Crippen molar-refractivity contribution in [2.75, 3.05) is 13.7 Å². The molecule has 6 nitrogen and oxygen atoms in total. The number of aryl methyl sites for hydroxylation is 1. The molecule has 0 saturated heterocycles. The zero-order valence-corrected chi connectivity index (χ0v) is 10.7. The quantitative estimate of drug-likeness (QED) is 0.729. The summed E-state index contributed by atoms with van der Waals surface area (Å²) in [5.74, 6) is -1.44. The van der Waals surface area contributed by atoms with E-state index in [2.05, 4.69) is 4.74 Å². The van der Waals surface area contributed by atoms with Crippen molar-refractivity contribution >= 4 is 33.2 Å². The van der Waals surface area contributed by atoms with Crippen molar-refractivity contribution in [3.05, 3.63) is 16.5 Å². The molecule has 0 unspecified atom stereocenters. The van der Waals surface area contributed by atoms with Gasteiger partial charge in [0.15, 0.2) is 4.21 Å². The van der Waals surface area contributed by atoms with E-state index in [1.165, 1.54) is 6.07 Å². The van der Waals surface area contributed by atoms with Crippen molar-refractivity contribution in [2.45, 2.75) is 11.1 Å². The summed E-state index contributed by atoms with van der Waals surface area (Å²) in [6, 6.07) is 1.51. The lowest BCUT2D eigenvalue weighted by molar-refractivity contribution is -0.140. The summed E-state index contributed by atoms with van der Waals surface area (Å²) >= 11 is 1.02. The van der Waals surface area contributed by atoms with Gasteiger partial charge in [-0.1, -0.05) is 0 Å². The highest BCUT2D eigenvalue weighted by Crippen LogP contribution is 2.36. The molecule has 8 heteroatoms. The molecule has 0 atom stereocenters. The third kappa shape index (κ3) is 1.73. The van der Waals surface area contributed by atoms with Crippen molar-refractivity contribution < 1.29 is 22.7 Å². The van der Waals surface area contributed by atoms with E-state index in [-0.39, 0.29) is 9.77 Å². The standard InChI is InChI=1S/C9H9NO5S2/c1-5-3-6-8(12)10(4-7(11)15-2)17(13,14)9(6)16-5/h3H,4H2,1-2H3. The number of carbonyl (C=O) groups is 2. The molecule has 1 aromatic heterocycles. The maximum absolute atomic E-state index is 12.0. The van der Waals surface area contributed by atoms with Crippen molar-refractivity contribution in [2.24, 2.45) is 0 Å². The molecule has 0 fully saturated rings. The van der Waals surface area contributed by atoms with E-state index in [0.717, 1.165) is 23.3 Å². The van der Waals surface area contributed by atoms with Gasteiger partial charge in [-0.25, -0.2) is 12.7 Å². The molecule has 17 heavy (non-hydrogen) atoms. The van der Waals surface area contributed by atoms with Crippen molar-refractivity contribution in [1.29, 1.82) is 0 Å². The van der Waals surface area contributed by atoms with Crippen molar-refractivity contribution in [3.63, 3.8) is 0 Å². The van der Waals surface area contributed by atoms with Crippen LogP contribution in [0.3, 0.4) is 0 Å². The van der Waals surface area contributed by atoms with Crippen LogP contribution in [-0.2, 0) is 19.6 Å². The number of fused-ring (bicyclic) bond motifs is 1. The van der Waals surface area contributed by atoms with Crippen molar-refractivity contribution in [1.82, 2.24) is 4.31 Å². The third-order valence-corrected chi connectivity index (χ3v) is 5.59. The summed E-state index contributed by atoms with van der Waals surface area (Å²) in [5.41, 5.74) is 0.136. The molecule has 2 rings (SSSR count). The number of esters is 1. The minimum atomic E-state index is -3.88. The van der Waals surface area contributed by atoms with Crippen LogP contribution in [0.5, 0.6) is 0 Å². The molecule has 0 aliphatic carbocycles. The summed E-state index contributed by atoms with van der Waals surface area (Å²) in [6.07, 6.45) is 0. The number of nitrogens with zero attached hydrogens (tertiary/aromatic N) is 1. The Morgan fingerprint density at radius 3 is 2.71 bits per heavy atom. The highest BCUT2D eigenvalue weighted by atomic mass is 32.2. The van der Waals surface area contributed by atoms with Gasteiger partial charge in [-0.3, -0.25) is 9.59 Å². The Morgan fingerprint density at radius 1 is 1.53 bits per heavy atom. The van der Waals surface area contributed by atoms with E-state index >= 15 is 0 Å². The van der Waals surface area contributed by atoms with Gasteiger partial charge in [-0.05, 0) is 13.0 Å². The van der Waals surface area contributed by atoms with Gasteiger partial charge < -0.3 is 4.74 Å². The predicted molar refractivity (Wildman–Crippen MR) is 59.3 cm³/mol. The van der Waals surface area contributed by atoms with Crippen LogP contribution in [0.1, 0.15) is 15.2 Å². The Balaban J connectivity index is 2.45. The highest BCUT2D eigenvalue weighted by molar-refractivity contribution is 7.92. The molecule has 0 spiro atoms. The van der Waals surface area contributed by atoms with Gasteiger partial charge in [-0.2, -0.15) is 0 Å². The Bertz CT molecular complexity index is 601. The van der Waals surface area contributed by atoms with E-state index in [9.17, 15) is 18.0 Å². The zero-order valence-electron chi connectivity index (χ0n) is 9.09. The number of rotatable bonds is 2. The highest BCUT2D eigenvalue weighted by Gasteiger charge is 2.44. The molecule has 1 aromatic rings. The first-order chi connectivity index (χ1) is 7.87. The number of carbonyl (C=O) groups excluding carboxylic acids is 2. The van der Waals surface area contributed by atoms with Gasteiger partial charge in [0.2, 0.25) is 0 Å². The van der Waals surface area contributed by atoms with Gasteiger partial charge in [0, 0.05) is 4.88 Å². The Morgan fingerprint density at radius 2 is 2.18 bits per heavy atom. The fourth-order valence-corrected chi connectivity index (χ4v) is 4.54. The van der Waals surface area contributed by atoms with Crippen molar-refractivity contribution in [3.8, 4) is 0 Å². The summed E-state index contributed by atoms with van der Waals surface area (Å²) < 4.78 is 28.8. The monoisotopic (exact) mass is 275 g/mol. The third-order valence-electron chi connectivity index (χ3n) is 2.30. The summed E-state index contributed by atoms with van der Waals surface area (Å²) in [7, 11) is -2.74. The van der Waals surface area contributed by atoms with Gasteiger partial charge >= 0.3 is 5.97 Å². The fraction of sp³-hybridized carbons (Fsp3) is 0.333. The van der Waals surface area contributed by atoms with Crippen LogP contribution in [-0.4, -0.2) is 38.3 Å². The van der Waals surface area contributed by atoms with Crippen LogP contribution in [0.15, 0.2) is 10.3 Å². The topological polar surface area (TPSA) is 80.8 Å². The van der Waals surface area contributed by atoms with Gasteiger partial charge in [0.1, 0.15) is 6.54 Å². The Labute approximate surface area is 102 Å². The maximum Gasteiger partial charge on any atom is 0.326 e. The number of ether oxygens (including phenoxy) is 1. The average Bonchev–Trinajstić information content (AvgIpc) is 2.72. The van der Waals surface area contributed by atoms with E-state index in [0.29, 0.717) is 4.31 Å². The predicted octanol–water partition coefficient (Wildman–Crippen LogP) is 0.374. The molecule has 2 heterocycles. The largest absolute Gasteiger partial charge is 0.468 e. The maximum atomic E-state index is 12.0. The lowest BCUT2D eigenvalue weighted by Gasteiger charge is -2.13.